The van der Waals surface area contributed by atoms with Crippen molar-refractivity contribution in [1.82, 2.24) is 0 Å². The molecular weight excluding hydrogens is 216 g/mol. The average Bonchev–Trinajstić information content (AvgIpc) is 2.76. The number of carbonyl (C=O) groups excluding carboxylic acids is 1. The first kappa shape index (κ1) is 9.43. The van der Waals surface area contributed by atoms with Crippen LogP contribution in [0.2, 0.25) is 0 Å². The third-order valence-electron chi connectivity index (χ3n) is 1.80. The molecule has 0 bridgehead atoms. The number of carbonyl (C=O) groups is 1. The van der Waals surface area contributed by atoms with Crippen LogP contribution in [-0.2, 0) is 9.53 Å². The molecule has 0 aliphatic rings. The van der Waals surface area contributed by atoms with Crippen LogP contribution in [0.5, 0.6) is 0 Å². The molecule has 0 fully saturated rings. The number of thiophene rings is 2. The van der Waals surface area contributed by atoms with Gasteiger partial charge in [0.05, 0.1) is 11.8 Å². The third-order valence-corrected chi connectivity index (χ3v) is 3.86. The lowest BCUT2D eigenvalue weighted by Crippen LogP contribution is -1.92. The van der Waals surface area contributed by atoms with Crippen molar-refractivity contribution in [3.05, 3.63) is 28.5 Å². The Hall–Kier alpha value is -1.13. The molecule has 0 spiro atoms. The van der Waals surface area contributed by atoms with Gasteiger partial charge in [0, 0.05) is 21.7 Å². The molecule has 0 unspecified atom stereocenters. The topological polar surface area (TPSA) is 26.3 Å². The Morgan fingerprint density at radius 3 is 3.14 bits per heavy atom. The smallest absolute Gasteiger partial charge is 0.330 e. The highest BCUT2D eigenvalue weighted by Gasteiger charge is 2.02. The van der Waals surface area contributed by atoms with Crippen LogP contribution >= 0.6 is 22.7 Å². The summed E-state index contributed by atoms with van der Waals surface area (Å²) in [6, 6.07) is 2.08. The van der Waals surface area contributed by atoms with Crippen LogP contribution in [0, 0.1) is 0 Å². The van der Waals surface area contributed by atoms with Gasteiger partial charge in [0.15, 0.2) is 0 Å². The van der Waals surface area contributed by atoms with E-state index >= 15 is 0 Å². The standard InChI is InChI=1S/C10H8O2S2/c1-12-9(11)3-2-7-6-14-8-4-5-13-10(7)8/h2-6H,1H3/b3-2+. The molecule has 4 heteroatoms. The monoisotopic (exact) mass is 224 g/mol. The van der Waals surface area contributed by atoms with E-state index in [1.165, 1.54) is 22.6 Å². The van der Waals surface area contributed by atoms with E-state index in [1.807, 2.05) is 5.38 Å². The summed E-state index contributed by atoms with van der Waals surface area (Å²) >= 11 is 3.37. The molecule has 0 aromatic carbocycles. The van der Waals surface area contributed by atoms with Crippen LogP contribution in [0.4, 0.5) is 0 Å². The molecule has 14 heavy (non-hydrogen) atoms. The van der Waals surface area contributed by atoms with Gasteiger partial charge in [0.2, 0.25) is 0 Å². The number of rotatable bonds is 2. The molecule has 2 aromatic rings. The zero-order valence-electron chi connectivity index (χ0n) is 7.52. The predicted octanol–water partition coefficient (Wildman–Crippen LogP) is 3.15. The molecule has 72 valence electrons. The van der Waals surface area contributed by atoms with Crippen molar-refractivity contribution >= 4 is 44.1 Å². The molecule has 0 radical (unpaired) electrons. The molecule has 0 aliphatic heterocycles. The van der Waals surface area contributed by atoms with Crippen LogP contribution in [0.25, 0.3) is 15.5 Å². The molecule has 0 atom stereocenters. The highest BCUT2D eigenvalue weighted by molar-refractivity contribution is 7.26. The van der Waals surface area contributed by atoms with E-state index in [0.29, 0.717) is 0 Å². The molecule has 0 amide bonds. The summed E-state index contributed by atoms with van der Waals surface area (Å²) < 4.78 is 7.02. The lowest BCUT2D eigenvalue weighted by Gasteiger charge is -1.88. The molecule has 0 aliphatic carbocycles. The number of methoxy groups -OCH3 is 1. The van der Waals surface area contributed by atoms with Gasteiger partial charge in [0.1, 0.15) is 0 Å². The Bertz CT molecular complexity index is 479. The summed E-state index contributed by atoms with van der Waals surface area (Å²) in [5.41, 5.74) is 1.09. The van der Waals surface area contributed by atoms with Gasteiger partial charge in [-0.25, -0.2) is 4.79 Å². The summed E-state index contributed by atoms with van der Waals surface area (Å²) in [5, 5.41) is 4.09. The minimum atomic E-state index is -0.319. The average molecular weight is 224 g/mol. The van der Waals surface area contributed by atoms with Crippen molar-refractivity contribution in [1.29, 1.82) is 0 Å². The third kappa shape index (κ3) is 1.71. The van der Waals surface area contributed by atoms with Crippen LogP contribution < -0.4 is 0 Å². The molecule has 0 saturated carbocycles. The van der Waals surface area contributed by atoms with Crippen LogP contribution in [-0.4, -0.2) is 13.1 Å². The zero-order valence-corrected chi connectivity index (χ0v) is 9.15. The van der Waals surface area contributed by atoms with Crippen molar-refractivity contribution < 1.29 is 9.53 Å². The van der Waals surface area contributed by atoms with E-state index in [1.54, 1.807) is 28.7 Å². The number of ether oxygens (including phenoxy) is 1. The van der Waals surface area contributed by atoms with Gasteiger partial charge in [-0.3, -0.25) is 0 Å². The molecule has 2 rings (SSSR count). The van der Waals surface area contributed by atoms with E-state index < -0.39 is 0 Å². The van der Waals surface area contributed by atoms with Gasteiger partial charge in [-0.2, -0.15) is 0 Å². The minimum absolute atomic E-state index is 0.319. The summed E-state index contributed by atoms with van der Waals surface area (Å²) in [6.45, 7) is 0. The van der Waals surface area contributed by atoms with Gasteiger partial charge in [0.25, 0.3) is 0 Å². The number of hydrogen-bond acceptors (Lipinski definition) is 4. The summed E-state index contributed by atoms with van der Waals surface area (Å²) in [4.78, 5) is 10.9. The zero-order chi connectivity index (χ0) is 9.97. The highest BCUT2D eigenvalue weighted by atomic mass is 32.1. The lowest BCUT2D eigenvalue weighted by atomic mass is 10.3. The number of hydrogen-bond donors (Lipinski definition) is 0. The maximum absolute atomic E-state index is 10.9. The molecule has 2 nitrogen and oxygen atoms in total. The van der Waals surface area contributed by atoms with Crippen LogP contribution in [0.3, 0.4) is 0 Å². The molecule has 0 N–H and O–H groups in total. The molecular formula is C10H8O2S2. The fraction of sp³-hybridized carbons (Fsp3) is 0.100. The SMILES string of the molecule is COC(=O)/C=C/c1csc2ccsc12. The van der Waals surface area contributed by atoms with Crippen molar-refractivity contribution in [3.63, 3.8) is 0 Å². The Labute approximate surface area is 89.4 Å². The van der Waals surface area contributed by atoms with Gasteiger partial charge in [-0.1, -0.05) is 0 Å². The first-order valence-electron chi connectivity index (χ1n) is 4.02. The molecule has 2 aromatic heterocycles. The Balaban J connectivity index is 2.31. The van der Waals surface area contributed by atoms with Crippen molar-refractivity contribution in [2.45, 2.75) is 0 Å². The maximum Gasteiger partial charge on any atom is 0.330 e. The normalized spacial score (nSPS) is 11.2. The largest absolute Gasteiger partial charge is 0.466 e. The second-order valence-electron chi connectivity index (χ2n) is 2.66. The Morgan fingerprint density at radius 1 is 1.50 bits per heavy atom. The first-order chi connectivity index (χ1) is 6.81. The number of fused-ring (bicyclic) bond motifs is 1. The first-order valence-corrected chi connectivity index (χ1v) is 5.78. The second-order valence-corrected chi connectivity index (χ2v) is 4.49. The Kier molecular flexibility index (Phi) is 2.65. The van der Waals surface area contributed by atoms with E-state index in [2.05, 4.69) is 16.2 Å². The fourth-order valence-electron chi connectivity index (χ4n) is 1.12. The van der Waals surface area contributed by atoms with E-state index in [0.717, 1.165) is 5.56 Å². The van der Waals surface area contributed by atoms with Crippen LogP contribution in [0.15, 0.2) is 22.9 Å². The fourth-order valence-corrected chi connectivity index (χ4v) is 3.18. The maximum atomic E-state index is 10.9. The summed E-state index contributed by atoms with van der Waals surface area (Å²) in [5.74, 6) is -0.319. The van der Waals surface area contributed by atoms with Crippen LogP contribution in [0.1, 0.15) is 5.56 Å². The van der Waals surface area contributed by atoms with Gasteiger partial charge in [-0.05, 0) is 17.5 Å². The molecule has 0 saturated heterocycles. The van der Waals surface area contributed by atoms with Gasteiger partial charge >= 0.3 is 5.97 Å². The van der Waals surface area contributed by atoms with Gasteiger partial charge in [-0.15, -0.1) is 22.7 Å². The summed E-state index contributed by atoms with van der Waals surface area (Å²) in [7, 11) is 1.38. The van der Waals surface area contributed by atoms with Crippen molar-refractivity contribution in [2.75, 3.05) is 7.11 Å². The predicted molar refractivity (Wildman–Crippen MR) is 60.8 cm³/mol. The lowest BCUT2D eigenvalue weighted by molar-refractivity contribution is -0.134. The van der Waals surface area contributed by atoms with E-state index in [4.69, 9.17) is 0 Å². The van der Waals surface area contributed by atoms with Gasteiger partial charge < -0.3 is 4.74 Å². The van der Waals surface area contributed by atoms with E-state index in [-0.39, 0.29) is 5.97 Å². The Morgan fingerprint density at radius 2 is 2.36 bits per heavy atom. The minimum Gasteiger partial charge on any atom is -0.466 e. The summed E-state index contributed by atoms with van der Waals surface area (Å²) in [6.07, 6.45) is 3.24. The van der Waals surface area contributed by atoms with Crippen molar-refractivity contribution in [2.24, 2.45) is 0 Å². The second kappa shape index (κ2) is 3.94. The quantitative estimate of drug-likeness (QED) is 0.578. The number of esters is 1. The molecule has 2 heterocycles. The highest BCUT2D eigenvalue weighted by Crippen LogP contribution is 2.31. The van der Waals surface area contributed by atoms with E-state index in [9.17, 15) is 4.79 Å². The van der Waals surface area contributed by atoms with Crippen molar-refractivity contribution in [3.8, 4) is 0 Å².